The third-order valence-corrected chi connectivity index (χ3v) is 3.18. The Bertz CT molecular complexity index is 574. The second-order valence-electron chi connectivity index (χ2n) is 4.20. The van der Waals surface area contributed by atoms with Crippen molar-refractivity contribution in [1.29, 1.82) is 0 Å². The van der Waals surface area contributed by atoms with Crippen LogP contribution in [0.1, 0.15) is 6.42 Å². The van der Waals surface area contributed by atoms with Gasteiger partial charge in [-0.2, -0.15) is 0 Å². The number of nitro groups is 1. The highest BCUT2D eigenvalue weighted by atomic mass is 35.5. The Balaban J connectivity index is 2.06. The molecule has 1 saturated carbocycles. The van der Waals surface area contributed by atoms with Gasteiger partial charge in [-0.1, -0.05) is 11.6 Å². The zero-order valence-corrected chi connectivity index (χ0v) is 10.3. The molecule has 8 heteroatoms. The average molecular weight is 285 g/mol. The van der Waals surface area contributed by atoms with Crippen LogP contribution in [0.2, 0.25) is 5.02 Å². The fourth-order valence-corrected chi connectivity index (χ4v) is 1.92. The molecule has 0 unspecified atom stereocenters. The van der Waals surface area contributed by atoms with Crippen LogP contribution in [0, 0.1) is 22.0 Å². The smallest absolute Gasteiger partial charge is 0.307 e. The van der Waals surface area contributed by atoms with E-state index in [4.69, 9.17) is 16.7 Å². The molecule has 2 rings (SSSR count). The highest BCUT2D eigenvalue weighted by molar-refractivity contribution is 6.34. The molecule has 1 aromatic rings. The van der Waals surface area contributed by atoms with Crippen LogP contribution in [0.15, 0.2) is 18.2 Å². The third-order valence-electron chi connectivity index (χ3n) is 2.87. The van der Waals surface area contributed by atoms with Crippen molar-refractivity contribution in [3.63, 3.8) is 0 Å². The number of carboxylic acids is 1. The normalized spacial score (nSPS) is 20.7. The Labute approximate surface area is 112 Å². The van der Waals surface area contributed by atoms with E-state index >= 15 is 0 Å². The van der Waals surface area contributed by atoms with Crippen molar-refractivity contribution in [2.45, 2.75) is 6.42 Å². The van der Waals surface area contributed by atoms with Crippen molar-refractivity contribution in [1.82, 2.24) is 0 Å². The van der Waals surface area contributed by atoms with E-state index < -0.39 is 28.6 Å². The van der Waals surface area contributed by atoms with E-state index in [2.05, 4.69) is 5.32 Å². The number of hydrogen-bond donors (Lipinski definition) is 2. The average Bonchev–Trinajstić information content (AvgIpc) is 3.11. The molecule has 2 atom stereocenters. The Morgan fingerprint density at radius 2 is 2.11 bits per heavy atom. The van der Waals surface area contributed by atoms with Crippen LogP contribution in [-0.2, 0) is 9.59 Å². The first-order chi connectivity index (χ1) is 8.90. The third kappa shape index (κ3) is 2.82. The second kappa shape index (κ2) is 4.85. The number of carbonyl (C=O) groups is 2. The molecule has 0 aliphatic heterocycles. The maximum atomic E-state index is 11.7. The second-order valence-corrected chi connectivity index (χ2v) is 4.60. The summed E-state index contributed by atoms with van der Waals surface area (Å²) in [4.78, 5) is 32.2. The van der Waals surface area contributed by atoms with Gasteiger partial charge in [0.1, 0.15) is 0 Å². The Morgan fingerprint density at radius 3 is 2.58 bits per heavy atom. The topological polar surface area (TPSA) is 110 Å². The summed E-state index contributed by atoms with van der Waals surface area (Å²) in [7, 11) is 0. The minimum atomic E-state index is -1.00. The van der Waals surface area contributed by atoms with Gasteiger partial charge in [0.05, 0.1) is 27.5 Å². The van der Waals surface area contributed by atoms with Crippen molar-refractivity contribution < 1.29 is 19.6 Å². The minimum Gasteiger partial charge on any atom is -0.481 e. The fourth-order valence-electron chi connectivity index (χ4n) is 1.70. The number of carbonyl (C=O) groups excluding carboxylic acids is 1. The minimum absolute atomic E-state index is 0.0371. The van der Waals surface area contributed by atoms with Gasteiger partial charge < -0.3 is 10.4 Å². The summed E-state index contributed by atoms with van der Waals surface area (Å²) in [6.07, 6.45) is 0.297. The SMILES string of the molecule is O=C(O)[C@H]1C[C@H]1C(=O)Nc1ccc([N+](=O)[O-])cc1Cl. The molecule has 1 fully saturated rings. The van der Waals surface area contributed by atoms with Gasteiger partial charge in [0.2, 0.25) is 5.91 Å². The number of hydrogen-bond acceptors (Lipinski definition) is 4. The van der Waals surface area contributed by atoms with Crippen LogP contribution < -0.4 is 5.32 Å². The van der Waals surface area contributed by atoms with Crippen LogP contribution in [-0.4, -0.2) is 21.9 Å². The highest BCUT2D eigenvalue weighted by Crippen LogP contribution is 2.40. The van der Waals surface area contributed by atoms with E-state index in [9.17, 15) is 19.7 Å². The lowest BCUT2D eigenvalue weighted by Crippen LogP contribution is -2.17. The molecule has 1 aliphatic carbocycles. The molecule has 0 spiro atoms. The summed E-state index contributed by atoms with van der Waals surface area (Å²) in [5.74, 6) is -2.67. The number of anilines is 1. The zero-order valence-electron chi connectivity index (χ0n) is 9.50. The van der Waals surface area contributed by atoms with Crippen LogP contribution in [0.25, 0.3) is 0 Å². The zero-order chi connectivity index (χ0) is 14.2. The number of nitrogens with one attached hydrogen (secondary N) is 1. The van der Waals surface area contributed by atoms with Gasteiger partial charge in [0.25, 0.3) is 5.69 Å². The lowest BCUT2D eigenvalue weighted by atomic mass is 10.2. The number of non-ortho nitro benzene ring substituents is 1. The largest absolute Gasteiger partial charge is 0.481 e. The van der Waals surface area contributed by atoms with Crippen molar-refractivity contribution in [3.05, 3.63) is 33.3 Å². The predicted octanol–water partition coefficient (Wildman–Crippen LogP) is 1.91. The van der Waals surface area contributed by atoms with E-state index in [0.29, 0.717) is 6.42 Å². The monoisotopic (exact) mass is 284 g/mol. The lowest BCUT2D eigenvalue weighted by Gasteiger charge is -2.06. The molecule has 0 radical (unpaired) electrons. The summed E-state index contributed by atoms with van der Waals surface area (Å²) >= 11 is 5.81. The molecule has 1 aromatic carbocycles. The Hall–Kier alpha value is -2.15. The predicted molar refractivity (Wildman–Crippen MR) is 66.0 cm³/mol. The first-order valence-corrected chi connectivity index (χ1v) is 5.75. The van der Waals surface area contributed by atoms with Gasteiger partial charge in [0, 0.05) is 12.1 Å². The van der Waals surface area contributed by atoms with Gasteiger partial charge in [-0.3, -0.25) is 19.7 Å². The molecule has 19 heavy (non-hydrogen) atoms. The fraction of sp³-hybridized carbons (Fsp3) is 0.273. The van der Waals surface area contributed by atoms with E-state index in [-0.39, 0.29) is 16.4 Å². The van der Waals surface area contributed by atoms with Gasteiger partial charge in [0.15, 0.2) is 0 Å². The van der Waals surface area contributed by atoms with Crippen LogP contribution in [0.4, 0.5) is 11.4 Å². The molecule has 2 N–H and O–H groups in total. The first kappa shape index (κ1) is 13.3. The molecule has 100 valence electrons. The number of nitrogens with zero attached hydrogens (tertiary/aromatic N) is 1. The molecule has 7 nitrogen and oxygen atoms in total. The summed E-state index contributed by atoms with van der Waals surface area (Å²) in [6.45, 7) is 0. The number of amides is 1. The molecule has 0 aromatic heterocycles. The maximum Gasteiger partial charge on any atom is 0.307 e. The van der Waals surface area contributed by atoms with Crippen LogP contribution in [0.5, 0.6) is 0 Å². The summed E-state index contributed by atoms with van der Waals surface area (Å²) in [5.41, 5.74) is 0.0474. The Morgan fingerprint density at radius 1 is 1.42 bits per heavy atom. The van der Waals surface area contributed by atoms with E-state index in [1.165, 1.54) is 12.1 Å². The first-order valence-electron chi connectivity index (χ1n) is 5.37. The molecular formula is C11H9ClN2O5. The van der Waals surface area contributed by atoms with E-state index in [1.54, 1.807) is 0 Å². The lowest BCUT2D eigenvalue weighted by molar-refractivity contribution is -0.384. The molecular weight excluding hydrogens is 276 g/mol. The van der Waals surface area contributed by atoms with E-state index in [0.717, 1.165) is 6.07 Å². The van der Waals surface area contributed by atoms with Gasteiger partial charge in [-0.05, 0) is 12.5 Å². The number of halogens is 1. The van der Waals surface area contributed by atoms with Crippen LogP contribution >= 0.6 is 11.6 Å². The van der Waals surface area contributed by atoms with Crippen molar-refractivity contribution in [2.75, 3.05) is 5.32 Å². The number of nitro benzene ring substituents is 1. The molecule has 0 bridgehead atoms. The summed E-state index contributed by atoms with van der Waals surface area (Å²) in [6, 6.07) is 3.65. The van der Waals surface area contributed by atoms with E-state index in [1.807, 2.05) is 0 Å². The summed E-state index contributed by atoms with van der Waals surface area (Å²) in [5, 5.41) is 21.7. The maximum absolute atomic E-state index is 11.7. The number of aliphatic carboxylic acids is 1. The van der Waals surface area contributed by atoms with Gasteiger partial charge in [-0.25, -0.2) is 0 Å². The van der Waals surface area contributed by atoms with Gasteiger partial charge >= 0.3 is 5.97 Å². The molecule has 0 saturated heterocycles. The number of rotatable bonds is 4. The molecule has 1 amide bonds. The van der Waals surface area contributed by atoms with Gasteiger partial charge in [-0.15, -0.1) is 0 Å². The van der Waals surface area contributed by atoms with Crippen molar-refractivity contribution in [2.24, 2.45) is 11.8 Å². The molecule has 1 aliphatic rings. The van der Waals surface area contributed by atoms with Crippen molar-refractivity contribution >= 4 is 34.9 Å². The Kier molecular flexibility index (Phi) is 3.39. The standard InChI is InChI=1S/C11H9ClN2O5/c12-8-3-5(14(18)19)1-2-9(8)13-10(15)6-4-7(6)11(16)17/h1-3,6-7H,4H2,(H,13,15)(H,16,17)/t6-,7+/m1/s1. The molecule has 0 heterocycles. The highest BCUT2D eigenvalue weighted by Gasteiger charge is 2.48. The quantitative estimate of drug-likeness (QED) is 0.648. The number of carboxylic acid groups (broad SMARTS) is 1. The summed E-state index contributed by atoms with van der Waals surface area (Å²) < 4.78 is 0. The number of benzene rings is 1. The van der Waals surface area contributed by atoms with Crippen LogP contribution in [0.3, 0.4) is 0 Å². The van der Waals surface area contributed by atoms with Crippen molar-refractivity contribution in [3.8, 4) is 0 Å².